The molecule has 4 nitrogen and oxygen atoms in total. The summed E-state index contributed by atoms with van der Waals surface area (Å²) < 4.78 is 0. The maximum atomic E-state index is 11.7. The van der Waals surface area contributed by atoms with Crippen molar-refractivity contribution in [3.8, 4) is 0 Å². The van der Waals surface area contributed by atoms with Crippen LogP contribution in [0.3, 0.4) is 0 Å². The van der Waals surface area contributed by atoms with Crippen molar-refractivity contribution in [1.82, 2.24) is 5.32 Å². The molecule has 1 N–H and O–H groups in total. The molecule has 0 saturated carbocycles. The summed E-state index contributed by atoms with van der Waals surface area (Å²) in [5, 5.41) is 13.4. The van der Waals surface area contributed by atoms with E-state index >= 15 is 0 Å². The number of amides is 1. The van der Waals surface area contributed by atoms with Crippen molar-refractivity contribution >= 4 is 11.9 Å². The third-order valence-electron chi connectivity index (χ3n) is 2.53. The van der Waals surface area contributed by atoms with Gasteiger partial charge in [-0.3, -0.25) is 4.79 Å². The van der Waals surface area contributed by atoms with Crippen molar-refractivity contribution in [2.75, 3.05) is 0 Å². The maximum Gasteiger partial charge on any atom is 0.224 e. The topological polar surface area (TPSA) is 69.2 Å². The van der Waals surface area contributed by atoms with Gasteiger partial charge < -0.3 is 15.2 Å². The first-order chi connectivity index (χ1) is 8.49. The van der Waals surface area contributed by atoms with Gasteiger partial charge >= 0.3 is 0 Å². The van der Waals surface area contributed by atoms with Gasteiger partial charge in [0.1, 0.15) is 0 Å². The van der Waals surface area contributed by atoms with Gasteiger partial charge in [-0.05, 0) is 17.9 Å². The van der Waals surface area contributed by atoms with Crippen LogP contribution in [0.2, 0.25) is 0 Å². The summed E-state index contributed by atoms with van der Waals surface area (Å²) >= 11 is 0. The number of benzene rings is 1. The molecule has 1 atom stereocenters. The van der Waals surface area contributed by atoms with E-state index in [-0.39, 0.29) is 18.2 Å². The van der Waals surface area contributed by atoms with Crippen LogP contribution in [0.1, 0.15) is 25.8 Å². The normalized spacial score (nSPS) is 12.2. The summed E-state index contributed by atoms with van der Waals surface area (Å²) in [6.07, 6.45) is 0.561. The van der Waals surface area contributed by atoms with E-state index in [1.54, 1.807) is 0 Å². The fraction of sp³-hybridized carbons (Fsp3) is 0.429. The number of hydrogen-bond acceptors (Lipinski definition) is 3. The summed E-state index contributed by atoms with van der Waals surface area (Å²) in [4.78, 5) is 22.6. The summed E-state index contributed by atoms with van der Waals surface area (Å²) in [5.41, 5.74) is 0.858. The highest BCUT2D eigenvalue weighted by Gasteiger charge is 2.15. The van der Waals surface area contributed by atoms with Crippen LogP contribution in [0.4, 0.5) is 0 Å². The van der Waals surface area contributed by atoms with Gasteiger partial charge in [0.05, 0.1) is 18.4 Å². The zero-order valence-electron chi connectivity index (χ0n) is 10.7. The average Bonchev–Trinajstić information content (AvgIpc) is 2.28. The monoisotopic (exact) mass is 248 g/mol. The van der Waals surface area contributed by atoms with Crippen LogP contribution < -0.4 is 10.4 Å². The minimum absolute atomic E-state index is 0.183. The number of aliphatic carboxylic acids is 1. The molecule has 0 aliphatic carbocycles. The van der Waals surface area contributed by atoms with Gasteiger partial charge in [-0.15, -0.1) is 0 Å². The lowest BCUT2D eigenvalue weighted by atomic mass is 10.0. The minimum Gasteiger partial charge on any atom is -0.548 e. The molecule has 1 rings (SSSR count). The first-order valence-corrected chi connectivity index (χ1v) is 6.03. The predicted molar refractivity (Wildman–Crippen MR) is 66.5 cm³/mol. The SMILES string of the molecule is CC(C)CC(NC(=O)Cc1ccccc1)C(=O)[O-]. The number of rotatable bonds is 6. The molecule has 1 aromatic rings. The molecule has 98 valence electrons. The highest BCUT2D eigenvalue weighted by Crippen LogP contribution is 2.05. The van der Waals surface area contributed by atoms with E-state index in [4.69, 9.17) is 0 Å². The van der Waals surface area contributed by atoms with Crippen LogP contribution >= 0.6 is 0 Å². The summed E-state index contributed by atoms with van der Waals surface area (Å²) in [6.45, 7) is 3.80. The number of carboxylic acid groups (broad SMARTS) is 1. The number of nitrogens with one attached hydrogen (secondary N) is 1. The quantitative estimate of drug-likeness (QED) is 0.797. The number of hydrogen-bond donors (Lipinski definition) is 1. The van der Waals surface area contributed by atoms with Crippen molar-refractivity contribution in [1.29, 1.82) is 0 Å². The molecule has 0 aromatic heterocycles. The van der Waals surface area contributed by atoms with Gasteiger partial charge in [0.15, 0.2) is 0 Å². The third kappa shape index (κ3) is 4.99. The molecule has 0 fully saturated rings. The van der Waals surface area contributed by atoms with Gasteiger partial charge in [-0.1, -0.05) is 44.2 Å². The Morgan fingerprint density at radius 1 is 1.22 bits per heavy atom. The first kappa shape index (κ1) is 14.2. The van der Waals surface area contributed by atoms with Crippen LogP contribution in [0.15, 0.2) is 30.3 Å². The number of carbonyl (C=O) groups is 2. The number of carbonyl (C=O) groups excluding carboxylic acids is 2. The molecule has 0 aliphatic rings. The first-order valence-electron chi connectivity index (χ1n) is 6.03. The van der Waals surface area contributed by atoms with Crippen molar-refractivity contribution in [3.05, 3.63) is 35.9 Å². The Hall–Kier alpha value is -1.84. The highest BCUT2D eigenvalue weighted by atomic mass is 16.4. The standard InChI is InChI=1S/C14H19NO3/c1-10(2)8-12(14(17)18)15-13(16)9-11-6-4-3-5-7-11/h3-7,10,12H,8-9H2,1-2H3,(H,15,16)(H,17,18)/p-1. The largest absolute Gasteiger partial charge is 0.548 e. The van der Waals surface area contributed by atoms with Crippen LogP contribution in [0.5, 0.6) is 0 Å². The summed E-state index contributed by atoms with van der Waals surface area (Å²) in [6, 6.07) is 8.29. The van der Waals surface area contributed by atoms with E-state index in [2.05, 4.69) is 5.32 Å². The Balaban J connectivity index is 2.54. The van der Waals surface area contributed by atoms with Crippen LogP contribution in [-0.2, 0) is 16.0 Å². The molecule has 0 heterocycles. The molecule has 1 unspecified atom stereocenters. The lowest BCUT2D eigenvalue weighted by Gasteiger charge is -2.21. The Morgan fingerprint density at radius 2 is 1.83 bits per heavy atom. The van der Waals surface area contributed by atoms with Crippen molar-refractivity contribution < 1.29 is 14.7 Å². The zero-order valence-corrected chi connectivity index (χ0v) is 10.7. The molecule has 1 aromatic carbocycles. The maximum absolute atomic E-state index is 11.7. The lowest BCUT2D eigenvalue weighted by molar-refractivity contribution is -0.308. The molecule has 0 radical (unpaired) electrons. The Labute approximate surface area is 107 Å². The molecule has 0 aliphatic heterocycles. The van der Waals surface area contributed by atoms with Crippen LogP contribution in [0.25, 0.3) is 0 Å². The molecule has 0 saturated heterocycles. The Kier molecular flexibility index (Phi) is 5.36. The van der Waals surface area contributed by atoms with E-state index in [0.29, 0.717) is 6.42 Å². The molecule has 4 heteroatoms. The Morgan fingerprint density at radius 3 is 2.33 bits per heavy atom. The Bertz CT molecular complexity index is 401. The van der Waals surface area contributed by atoms with E-state index in [0.717, 1.165) is 5.56 Å². The molecular weight excluding hydrogens is 230 g/mol. The van der Waals surface area contributed by atoms with Crippen molar-refractivity contribution in [3.63, 3.8) is 0 Å². The van der Waals surface area contributed by atoms with Crippen molar-refractivity contribution in [2.24, 2.45) is 5.92 Å². The van der Waals surface area contributed by atoms with E-state index in [9.17, 15) is 14.7 Å². The fourth-order valence-electron chi connectivity index (χ4n) is 1.71. The molecular formula is C14H18NO3-. The van der Waals surface area contributed by atoms with Gasteiger partial charge in [0.25, 0.3) is 0 Å². The molecule has 0 bridgehead atoms. The lowest BCUT2D eigenvalue weighted by Crippen LogP contribution is -2.48. The second kappa shape index (κ2) is 6.79. The van der Waals surface area contributed by atoms with E-state index < -0.39 is 12.0 Å². The molecule has 18 heavy (non-hydrogen) atoms. The molecule has 1 amide bonds. The van der Waals surface area contributed by atoms with Gasteiger partial charge in [0, 0.05) is 0 Å². The minimum atomic E-state index is -1.23. The van der Waals surface area contributed by atoms with Gasteiger partial charge in [0.2, 0.25) is 5.91 Å². The van der Waals surface area contributed by atoms with Gasteiger partial charge in [-0.25, -0.2) is 0 Å². The zero-order chi connectivity index (χ0) is 13.5. The molecule has 0 spiro atoms. The van der Waals surface area contributed by atoms with Crippen LogP contribution in [0, 0.1) is 5.92 Å². The number of carboxylic acids is 1. The average molecular weight is 248 g/mol. The van der Waals surface area contributed by atoms with Crippen LogP contribution in [-0.4, -0.2) is 17.9 Å². The van der Waals surface area contributed by atoms with E-state index in [1.165, 1.54) is 0 Å². The predicted octanol–water partition coefficient (Wildman–Crippen LogP) is 0.510. The highest BCUT2D eigenvalue weighted by molar-refractivity contribution is 5.84. The second-order valence-corrected chi connectivity index (χ2v) is 4.73. The fourth-order valence-corrected chi connectivity index (χ4v) is 1.71. The summed E-state index contributed by atoms with van der Waals surface area (Å²) in [7, 11) is 0. The van der Waals surface area contributed by atoms with Gasteiger partial charge in [-0.2, -0.15) is 0 Å². The summed E-state index contributed by atoms with van der Waals surface area (Å²) in [5.74, 6) is -1.34. The van der Waals surface area contributed by atoms with E-state index in [1.807, 2.05) is 44.2 Å². The van der Waals surface area contributed by atoms with Crippen molar-refractivity contribution in [2.45, 2.75) is 32.7 Å². The smallest absolute Gasteiger partial charge is 0.224 e. The third-order valence-corrected chi connectivity index (χ3v) is 2.53. The second-order valence-electron chi connectivity index (χ2n) is 4.73.